The molecule has 1 aliphatic carbocycles. The van der Waals surface area contributed by atoms with Gasteiger partial charge in [-0.15, -0.1) is 0 Å². The Kier molecular flexibility index (Phi) is 5.05. The number of nitrogens with one attached hydrogen (secondary N) is 1. The molecule has 2 unspecified atom stereocenters. The van der Waals surface area contributed by atoms with E-state index in [0.29, 0.717) is 11.6 Å². The van der Waals surface area contributed by atoms with Crippen LogP contribution < -0.4 is 5.32 Å². The molecule has 2 rings (SSSR count). The van der Waals surface area contributed by atoms with Crippen molar-refractivity contribution >= 4 is 11.7 Å². The SMILES string of the molecule is CCC1CCCC(Nc2ccc(C(=O)O)cc2C)CC1. The number of carbonyl (C=O) groups is 1. The molecule has 2 atom stereocenters. The minimum atomic E-state index is -0.861. The van der Waals surface area contributed by atoms with Crippen LogP contribution in [0.2, 0.25) is 0 Å². The Morgan fingerprint density at radius 1 is 1.30 bits per heavy atom. The molecule has 0 spiro atoms. The molecule has 1 aliphatic rings. The first-order valence-corrected chi connectivity index (χ1v) is 7.70. The van der Waals surface area contributed by atoms with E-state index in [1.54, 1.807) is 12.1 Å². The van der Waals surface area contributed by atoms with Gasteiger partial charge >= 0.3 is 5.97 Å². The molecule has 1 aromatic rings. The lowest BCUT2D eigenvalue weighted by atomic mass is 9.97. The number of benzene rings is 1. The largest absolute Gasteiger partial charge is 0.478 e. The minimum Gasteiger partial charge on any atom is -0.478 e. The van der Waals surface area contributed by atoms with Crippen molar-refractivity contribution in [3.05, 3.63) is 29.3 Å². The maximum absolute atomic E-state index is 10.9. The molecule has 1 saturated carbocycles. The highest BCUT2D eigenvalue weighted by Crippen LogP contribution is 2.28. The van der Waals surface area contributed by atoms with Crippen LogP contribution in [0.3, 0.4) is 0 Å². The number of carboxylic acid groups (broad SMARTS) is 1. The summed E-state index contributed by atoms with van der Waals surface area (Å²) < 4.78 is 0. The molecule has 0 radical (unpaired) electrons. The number of hydrogen-bond donors (Lipinski definition) is 2. The summed E-state index contributed by atoms with van der Waals surface area (Å²) in [6.45, 7) is 4.26. The number of hydrogen-bond acceptors (Lipinski definition) is 2. The van der Waals surface area contributed by atoms with E-state index in [0.717, 1.165) is 17.2 Å². The normalized spacial score (nSPS) is 23.1. The molecule has 1 fully saturated rings. The second-order valence-corrected chi connectivity index (χ2v) is 5.96. The van der Waals surface area contributed by atoms with E-state index >= 15 is 0 Å². The maximum atomic E-state index is 10.9. The average molecular weight is 275 g/mol. The van der Waals surface area contributed by atoms with Crippen LogP contribution >= 0.6 is 0 Å². The van der Waals surface area contributed by atoms with Gasteiger partial charge in [-0.1, -0.05) is 26.2 Å². The fourth-order valence-corrected chi connectivity index (χ4v) is 3.11. The summed E-state index contributed by atoms with van der Waals surface area (Å²) in [4.78, 5) is 10.9. The van der Waals surface area contributed by atoms with E-state index in [2.05, 4.69) is 12.2 Å². The summed E-state index contributed by atoms with van der Waals surface area (Å²) >= 11 is 0. The molecule has 20 heavy (non-hydrogen) atoms. The first-order chi connectivity index (χ1) is 9.60. The van der Waals surface area contributed by atoms with Gasteiger partial charge in [0.05, 0.1) is 5.56 Å². The molecule has 0 saturated heterocycles. The fraction of sp³-hybridized carbons (Fsp3) is 0.588. The monoisotopic (exact) mass is 275 g/mol. The van der Waals surface area contributed by atoms with Gasteiger partial charge in [-0.3, -0.25) is 0 Å². The van der Waals surface area contributed by atoms with Crippen molar-refractivity contribution in [2.75, 3.05) is 5.32 Å². The van der Waals surface area contributed by atoms with Crippen molar-refractivity contribution in [1.29, 1.82) is 0 Å². The van der Waals surface area contributed by atoms with Gasteiger partial charge in [0.1, 0.15) is 0 Å². The first kappa shape index (κ1) is 14.9. The second kappa shape index (κ2) is 6.78. The summed E-state index contributed by atoms with van der Waals surface area (Å²) in [7, 11) is 0. The highest BCUT2D eigenvalue weighted by molar-refractivity contribution is 5.88. The quantitative estimate of drug-likeness (QED) is 0.797. The third kappa shape index (κ3) is 3.75. The van der Waals surface area contributed by atoms with Crippen LogP contribution in [0.5, 0.6) is 0 Å². The molecular formula is C17H25NO2. The number of aromatic carboxylic acids is 1. The topological polar surface area (TPSA) is 49.3 Å². The summed E-state index contributed by atoms with van der Waals surface area (Å²) in [5.41, 5.74) is 2.45. The Morgan fingerprint density at radius 3 is 2.75 bits per heavy atom. The van der Waals surface area contributed by atoms with Gasteiger partial charge in [0.25, 0.3) is 0 Å². The maximum Gasteiger partial charge on any atom is 0.335 e. The second-order valence-electron chi connectivity index (χ2n) is 5.96. The lowest BCUT2D eigenvalue weighted by Gasteiger charge is -2.19. The Hall–Kier alpha value is -1.51. The minimum absolute atomic E-state index is 0.361. The summed E-state index contributed by atoms with van der Waals surface area (Å²) in [5, 5.41) is 12.6. The van der Waals surface area contributed by atoms with Crippen molar-refractivity contribution in [1.82, 2.24) is 0 Å². The van der Waals surface area contributed by atoms with Gasteiger partial charge < -0.3 is 10.4 Å². The van der Waals surface area contributed by atoms with E-state index in [-0.39, 0.29) is 0 Å². The molecular weight excluding hydrogens is 250 g/mol. The lowest BCUT2D eigenvalue weighted by molar-refractivity contribution is 0.0697. The predicted octanol–water partition coefficient (Wildman–Crippen LogP) is 4.46. The molecule has 3 heteroatoms. The summed E-state index contributed by atoms with van der Waals surface area (Å²) in [5.74, 6) is 0.0252. The molecule has 110 valence electrons. The van der Waals surface area contributed by atoms with E-state index < -0.39 is 5.97 Å². The zero-order valence-electron chi connectivity index (χ0n) is 12.5. The van der Waals surface area contributed by atoms with E-state index in [1.165, 1.54) is 38.5 Å². The number of carboxylic acids is 1. The molecule has 0 heterocycles. The van der Waals surface area contributed by atoms with Crippen LogP contribution in [-0.4, -0.2) is 17.1 Å². The van der Waals surface area contributed by atoms with Gasteiger partial charge in [-0.2, -0.15) is 0 Å². The zero-order chi connectivity index (χ0) is 14.5. The van der Waals surface area contributed by atoms with Crippen molar-refractivity contribution in [3.63, 3.8) is 0 Å². The van der Waals surface area contributed by atoms with Gasteiger partial charge in [-0.25, -0.2) is 4.79 Å². The van der Waals surface area contributed by atoms with Crippen LogP contribution in [0.25, 0.3) is 0 Å². The molecule has 0 aromatic heterocycles. The van der Waals surface area contributed by atoms with Gasteiger partial charge in [0.2, 0.25) is 0 Å². The van der Waals surface area contributed by atoms with Gasteiger partial charge in [0.15, 0.2) is 0 Å². The van der Waals surface area contributed by atoms with Crippen LogP contribution in [0.4, 0.5) is 5.69 Å². The Balaban J connectivity index is 2.01. The van der Waals surface area contributed by atoms with Gasteiger partial charge in [-0.05, 0) is 55.9 Å². The molecule has 2 N–H and O–H groups in total. The summed E-state index contributed by atoms with van der Waals surface area (Å²) in [6, 6.07) is 5.86. The predicted molar refractivity (Wildman–Crippen MR) is 82.4 cm³/mol. The fourth-order valence-electron chi connectivity index (χ4n) is 3.11. The smallest absolute Gasteiger partial charge is 0.335 e. The third-order valence-electron chi connectivity index (χ3n) is 4.50. The first-order valence-electron chi connectivity index (χ1n) is 7.70. The average Bonchev–Trinajstić information content (AvgIpc) is 2.66. The molecule has 0 amide bonds. The van der Waals surface area contributed by atoms with Crippen LogP contribution in [0.15, 0.2) is 18.2 Å². The molecule has 3 nitrogen and oxygen atoms in total. The Labute approximate surface area is 121 Å². The molecule has 1 aromatic carbocycles. The van der Waals surface area contributed by atoms with Crippen molar-refractivity contribution in [2.45, 2.75) is 58.4 Å². The number of aryl methyl sites for hydroxylation is 1. The Bertz CT molecular complexity index is 470. The lowest BCUT2D eigenvalue weighted by Crippen LogP contribution is -2.19. The highest BCUT2D eigenvalue weighted by atomic mass is 16.4. The van der Waals surface area contributed by atoms with E-state index in [4.69, 9.17) is 5.11 Å². The molecule has 0 aliphatic heterocycles. The highest BCUT2D eigenvalue weighted by Gasteiger charge is 2.18. The van der Waals surface area contributed by atoms with E-state index in [9.17, 15) is 4.79 Å². The summed E-state index contributed by atoms with van der Waals surface area (Å²) in [6.07, 6.45) is 7.68. The molecule has 0 bridgehead atoms. The van der Waals surface area contributed by atoms with Crippen LogP contribution in [0.1, 0.15) is 61.4 Å². The zero-order valence-corrected chi connectivity index (χ0v) is 12.5. The van der Waals surface area contributed by atoms with Crippen LogP contribution in [0, 0.1) is 12.8 Å². The van der Waals surface area contributed by atoms with E-state index in [1.807, 2.05) is 13.0 Å². The number of rotatable bonds is 4. The third-order valence-corrected chi connectivity index (χ3v) is 4.50. The van der Waals surface area contributed by atoms with Gasteiger partial charge in [0, 0.05) is 11.7 Å². The number of anilines is 1. The van der Waals surface area contributed by atoms with Crippen molar-refractivity contribution < 1.29 is 9.90 Å². The van der Waals surface area contributed by atoms with Crippen molar-refractivity contribution in [2.24, 2.45) is 5.92 Å². The standard InChI is InChI=1S/C17H25NO2/c1-3-13-5-4-6-15(9-7-13)18-16-10-8-14(17(19)20)11-12(16)2/h8,10-11,13,15,18H,3-7,9H2,1-2H3,(H,19,20). The Morgan fingerprint density at radius 2 is 2.10 bits per heavy atom. The van der Waals surface area contributed by atoms with Crippen LogP contribution in [-0.2, 0) is 0 Å². The van der Waals surface area contributed by atoms with Crippen molar-refractivity contribution in [3.8, 4) is 0 Å².